The van der Waals surface area contributed by atoms with Crippen molar-refractivity contribution in [1.82, 2.24) is 10.6 Å². The third-order valence-corrected chi connectivity index (χ3v) is 5.14. The fraction of sp³-hybridized carbons (Fsp3) is 0.440. The van der Waals surface area contributed by atoms with Gasteiger partial charge in [0.2, 0.25) is 5.91 Å². The maximum atomic E-state index is 12.8. The Labute approximate surface area is 185 Å². The molecule has 0 aromatic heterocycles. The van der Waals surface area contributed by atoms with Crippen molar-refractivity contribution in [3.63, 3.8) is 0 Å². The number of hydrogen-bond donors (Lipinski definition) is 3. The van der Waals surface area contributed by atoms with Crippen LogP contribution in [0, 0.1) is 18.8 Å². The van der Waals surface area contributed by atoms with Crippen molar-refractivity contribution in [1.29, 1.82) is 0 Å². The lowest BCUT2D eigenvalue weighted by atomic mass is 10.0. The second-order valence-electron chi connectivity index (χ2n) is 8.53. The summed E-state index contributed by atoms with van der Waals surface area (Å²) in [6, 6.07) is 17.0. The quantitative estimate of drug-likeness (QED) is 0.524. The molecule has 2 atom stereocenters. The summed E-state index contributed by atoms with van der Waals surface area (Å²) >= 11 is 0. The number of hydrogen-bond acceptors (Lipinski definition) is 4. The minimum atomic E-state index is -0.671. The molecule has 0 aliphatic rings. The van der Waals surface area contributed by atoms with Gasteiger partial charge in [0.25, 0.3) is 0 Å². The van der Waals surface area contributed by atoms with Crippen molar-refractivity contribution < 1.29 is 14.3 Å². The van der Waals surface area contributed by atoms with Crippen LogP contribution in [0.1, 0.15) is 38.8 Å². The van der Waals surface area contributed by atoms with Crippen LogP contribution >= 0.6 is 0 Å². The molecule has 0 aliphatic carbocycles. The average molecular weight is 426 g/mol. The molecule has 6 heteroatoms. The largest absolute Gasteiger partial charge is 0.445 e. The molecular weight excluding hydrogens is 390 g/mol. The van der Waals surface area contributed by atoms with E-state index in [-0.39, 0.29) is 24.5 Å². The Morgan fingerprint density at radius 3 is 2.13 bits per heavy atom. The van der Waals surface area contributed by atoms with Crippen molar-refractivity contribution in [2.24, 2.45) is 11.8 Å². The third-order valence-electron chi connectivity index (χ3n) is 5.14. The van der Waals surface area contributed by atoms with Crippen LogP contribution in [0.5, 0.6) is 0 Å². The first-order chi connectivity index (χ1) is 14.8. The molecule has 31 heavy (non-hydrogen) atoms. The Morgan fingerprint density at radius 2 is 1.55 bits per heavy atom. The van der Waals surface area contributed by atoms with Gasteiger partial charge in [-0.05, 0) is 36.5 Å². The summed E-state index contributed by atoms with van der Waals surface area (Å²) in [6.07, 6.45) is -0.601. The predicted molar refractivity (Wildman–Crippen MR) is 125 cm³/mol. The first kappa shape index (κ1) is 24.3. The molecule has 0 fully saturated rings. The minimum absolute atomic E-state index is 0.0597. The van der Waals surface area contributed by atoms with Gasteiger partial charge in [0, 0.05) is 18.3 Å². The van der Waals surface area contributed by atoms with Crippen molar-refractivity contribution in [2.45, 2.75) is 53.3 Å². The van der Waals surface area contributed by atoms with E-state index in [0.29, 0.717) is 12.5 Å². The van der Waals surface area contributed by atoms with E-state index in [1.54, 1.807) is 0 Å². The zero-order valence-corrected chi connectivity index (χ0v) is 19.1. The van der Waals surface area contributed by atoms with E-state index >= 15 is 0 Å². The predicted octanol–water partition coefficient (Wildman–Crippen LogP) is 4.50. The molecule has 2 aromatic rings. The summed E-state index contributed by atoms with van der Waals surface area (Å²) < 4.78 is 5.27. The Bertz CT molecular complexity index is 820. The number of carbonyl (C=O) groups excluding carboxylic acids is 2. The second kappa shape index (κ2) is 12.0. The summed E-state index contributed by atoms with van der Waals surface area (Å²) in [4.78, 5) is 25.0. The van der Waals surface area contributed by atoms with Gasteiger partial charge in [0.1, 0.15) is 12.6 Å². The number of nitrogens with one attached hydrogen (secondary N) is 3. The van der Waals surface area contributed by atoms with Gasteiger partial charge in [-0.2, -0.15) is 0 Å². The number of carbonyl (C=O) groups is 2. The Morgan fingerprint density at radius 1 is 0.903 bits per heavy atom. The molecule has 0 aliphatic heterocycles. The van der Waals surface area contributed by atoms with Gasteiger partial charge in [-0.3, -0.25) is 4.79 Å². The van der Waals surface area contributed by atoms with Gasteiger partial charge >= 0.3 is 6.09 Å². The van der Waals surface area contributed by atoms with Gasteiger partial charge in [-0.15, -0.1) is 0 Å². The minimum Gasteiger partial charge on any atom is -0.445 e. The molecular formula is C25H35N3O3. The van der Waals surface area contributed by atoms with E-state index in [9.17, 15) is 9.59 Å². The lowest BCUT2D eigenvalue weighted by molar-refractivity contribution is -0.124. The van der Waals surface area contributed by atoms with Crippen LogP contribution in [0.25, 0.3) is 0 Å². The van der Waals surface area contributed by atoms with Crippen molar-refractivity contribution in [3.8, 4) is 0 Å². The van der Waals surface area contributed by atoms with E-state index in [0.717, 1.165) is 11.3 Å². The Balaban J connectivity index is 1.89. The highest BCUT2D eigenvalue weighted by molar-refractivity contribution is 5.85. The van der Waals surface area contributed by atoms with Crippen molar-refractivity contribution >= 4 is 17.7 Å². The maximum Gasteiger partial charge on any atom is 0.408 e. The first-order valence-corrected chi connectivity index (χ1v) is 10.8. The van der Waals surface area contributed by atoms with E-state index < -0.39 is 12.1 Å². The average Bonchev–Trinajstić information content (AvgIpc) is 2.75. The number of rotatable bonds is 10. The Kier molecular flexibility index (Phi) is 9.38. The smallest absolute Gasteiger partial charge is 0.408 e. The molecule has 0 radical (unpaired) electrons. The lowest BCUT2D eigenvalue weighted by Gasteiger charge is -2.26. The SMILES string of the molecule is Cc1ccc(NC(CNC(=O)C(NC(=O)OCc2ccccc2)C(C)C)C(C)C)cc1. The number of amides is 2. The van der Waals surface area contributed by atoms with Crippen LogP contribution in [0.2, 0.25) is 0 Å². The van der Waals surface area contributed by atoms with Gasteiger partial charge in [-0.25, -0.2) is 4.79 Å². The fourth-order valence-electron chi connectivity index (χ4n) is 3.06. The second-order valence-corrected chi connectivity index (χ2v) is 8.53. The van der Waals surface area contributed by atoms with Crippen LogP contribution in [-0.2, 0) is 16.1 Å². The van der Waals surface area contributed by atoms with Gasteiger partial charge in [0.05, 0.1) is 0 Å². The molecule has 2 rings (SSSR count). The normalized spacial score (nSPS) is 12.9. The van der Waals surface area contributed by atoms with Crippen LogP contribution in [0.3, 0.4) is 0 Å². The number of aryl methyl sites for hydroxylation is 1. The van der Waals surface area contributed by atoms with Crippen molar-refractivity contribution in [3.05, 3.63) is 65.7 Å². The standard InChI is InChI=1S/C25H35N3O3/c1-17(2)22(27-21-13-11-19(5)12-14-21)15-26-24(29)23(18(3)4)28-25(30)31-16-20-9-7-6-8-10-20/h6-14,17-18,22-23,27H,15-16H2,1-5H3,(H,26,29)(H,28,30). The monoisotopic (exact) mass is 425 g/mol. The molecule has 0 bridgehead atoms. The first-order valence-electron chi connectivity index (χ1n) is 10.8. The summed E-state index contributed by atoms with van der Waals surface area (Å²) in [5.41, 5.74) is 3.11. The van der Waals surface area contributed by atoms with E-state index in [4.69, 9.17) is 4.74 Å². The summed E-state index contributed by atoms with van der Waals surface area (Å²) in [7, 11) is 0. The molecule has 2 aromatic carbocycles. The molecule has 0 spiro atoms. The molecule has 2 unspecified atom stereocenters. The zero-order valence-electron chi connectivity index (χ0n) is 19.1. The molecule has 168 valence electrons. The fourth-order valence-corrected chi connectivity index (χ4v) is 3.06. The van der Waals surface area contributed by atoms with Crippen LogP contribution in [0.15, 0.2) is 54.6 Å². The van der Waals surface area contributed by atoms with Crippen LogP contribution < -0.4 is 16.0 Å². The molecule has 3 N–H and O–H groups in total. The van der Waals surface area contributed by atoms with Gasteiger partial charge < -0.3 is 20.7 Å². The molecule has 0 saturated heterocycles. The highest BCUT2D eigenvalue weighted by atomic mass is 16.5. The van der Waals surface area contributed by atoms with E-state index in [1.165, 1.54) is 5.56 Å². The van der Waals surface area contributed by atoms with Crippen LogP contribution in [-0.4, -0.2) is 30.6 Å². The topological polar surface area (TPSA) is 79.5 Å². The third kappa shape index (κ3) is 8.32. The van der Waals surface area contributed by atoms with E-state index in [1.807, 2.05) is 63.2 Å². The van der Waals surface area contributed by atoms with Crippen LogP contribution in [0.4, 0.5) is 10.5 Å². The summed E-state index contributed by atoms with van der Waals surface area (Å²) in [6.45, 7) is 10.7. The molecule has 6 nitrogen and oxygen atoms in total. The van der Waals surface area contributed by atoms with Crippen molar-refractivity contribution in [2.75, 3.05) is 11.9 Å². The summed E-state index contributed by atoms with van der Waals surface area (Å²) in [5.74, 6) is 0.0118. The number of anilines is 1. The highest BCUT2D eigenvalue weighted by Crippen LogP contribution is 2.14. The van der Waals surface area contributed by atoms with Gasteiger partial charge in [-0.1, -0.05) is 75.7 Å². The molecule has 0 saturated carbocycles. The van der Waals surface area contributed by atoms with Gasteiger partial charge in [0.15, 0.2) is 0 Å². The highest BCUT2D eigenvalue weighted by Gasteiger charge is 2.26. The molecule has 0 heterocycles. The zero-order chi connectivity index (χ0) is 22.8. The number of benzene rings is 2. The Hall–Kier alpha value is -3.02. The maximum absolute atomic E-state index is 12.8. The summed E-state index contributed by atoms with van der Waals surface area (Å²) in [5, 5.41) is 9.17. The molecule has 2 amide bonds. The number of alkyl carbamates (subject to hydrolysis) is 1. The van der Waals surface area contributed by atoms with E-state index in [2.05, 4.69) is 41.9 Å². The lowest BCUT2D eigenvalue weighted by Crippen LogP contribution is -2.52. The number of ether oxygens (including phenoxy) is 1.